The highest BCUT2D eigenvalue weighted by Crippen LogP contribution is 2.45. The summed E-state index contributed by atoms with van der Waals surface area (Å²) < 4.78 is 61.5. The molecule has 0 rings (SSSR count). The molecular weight excluding hydrogens is 1510 g/mol. The lowest BCUT2D eigenvalue weighted by atomic mass is 10.0. The molecule has 0 aliphatic rings. The van der Waals surface area contributed by atoms with Gasteiger partial charge in [0.25, 0.3) is 0 Å². The van der Waals surface area contributed by atoms with E-state index in [-0.39, 0.29) is 19.3 Å². The standard InChI is InChI=1S/C99H166O16P2/c1-4-7-10-13-16-19-22-25-28-31-34-37-40-42-43-44-45-46-47-48-49-51-54-55-58-61-64-67-70-73-76-79-82-85-97(102)109-88-94(100)89-111-116(105,106)112-90-95(101)91-113-117(107,108)114-93-96(115-99(104)87-84-81-78-75-72-69-66-63-60-57-52-39-36-33-30-27-24-21-18-15-12-9-6-3)92-110-98(103)86-83-80-77-74-71-68-65-62-59-56-53-50-41-38-35-32-29-26-23-20-17-14-11-8-5-2/h7-8,10-11,16-21,25-30,34-39,42-43,45-46,50,53,57,60,94-96,100-101H,4-6,9,12-15,22-24,31-33,40-41,44,47-49,51-52,54-56,58-59,61-93H2,1-3H3,(H,105,106)(H,107,108)/b10-7-,11-8-,19-16-,20-17-,21-18-,28-25-,29-26-,30-27-,37-34-,38-35-,39-36-,43-42-,46-45-,53-50-,60-57-. The predicted octanol–water partition coefficient (Wildman–Crippen LogP) is 28.4. The molecule has 0 bridgehead atoms. The van der Waals surface area contributed by atoms with E-state index in [1.807, 2.05) is 0 Å². The van der Waals surface area contributed by atoms with Crippen LogP contribution in [0.4, 0.5) is 0 Å². The number of hydrogen-bond acceptors (Lipinski definition) is 14. The molecule has 4 N–H and O–H groups in total. The first-order chi connectivity index (χ1) is 57.2. The number of aliphatic hydroxyl groups excluding tert-OH is 2. The predicted molar refractivity (Wildman–Crippen MR) is 491 cm³/mol. The van der Waals surface area contributed by atoms with E-state index in [1.165, 1.54) is 116 Å². The summed E-state index contributed by atoms with van der Waals surface area (Å²) in [5, 5.41) is 20.7. The number of ether oxygens (including phenoxy) is 3. The number of unbranched alkanes of at least 4 members (excludes halogenated alkanes) is 33. The quantitative estimate of drug-likeness (QED) is 0.0146. The molecule has 0 aromatic heterocycles. The highest BCUT2D eigenvalue weighted by Gasteiger charge is 2.29. The van der Waals surface area contributed by atoms with Crippen molar-refractivity contribution in [3.63, 3.8) is 0 Å². The fourth-order valence-electron chi connectivity index (χ4n) is 12.2. The topological polar surface area (TPSA) is 231 Å². The van der Waals surface area contributed by atoms with Crippen molar-refractivity contribution in [1.29, 1.82) is 0 Å². The van der Waals surface area contributed by atoms with E-state index >= 15 is 0 Å². The maximum Gasteiger partial charge on any atom is 0.472 e. The molecule has 117 heavy (non-hydrogen) atoms. The minimum atomic E-state index is -4.95. The highest BCUT2D eigenvalue weighted by molar-refractivity contribution is 7.47. The molecule has 668 valence electrons. The van der Waals surface area contributed by atoms with Crippen LogP contribution in [-0.2, 0) is 55.8 Å². The number of allylic oxidation sites excluding steroid dienone is 30. The average molecular weight is 1670 g/mol. The third-order valence-corrected chi connectivity index (χ3v) is 21.0. The first kappa shape index (κ1) is 112. The monoisotopic (exact) mass is 1670 g/mol. The summed E-state index contributed by atoms with van der Waals surface area (Å²) in [7, 11) is -9.82. The maximum atomic E-state index is 13.1. The molecule has 0 aromatic rings. The van der Waals surface area contributed by atoms with Crippen molar-refractivity contribution in [3.8, 4) is 0 Å². The number of phosphoric acid groups is 2. The summed E-state index contributed by atoms with van der Waals surface area (Å²) in [6, 6.07) is 0. The van der Waals surface area contributed by atoms with Gasteiger partial charge in [0.1, 0.15) is 25.4 Å². The molecular formula is C99H166O16P2. The summed E-state index contributed by atoms with van der Waals surface area (Å²) >= 11 is 0. The second-order valence-corrected chi connectivity index (χ2v) is 33.2. The van der Waals surface area contributed by atoms with E-state index < -0.39 is 91.5 Å². The third kappa shape index (κ3) is 91.2. The van der Waals surface area contributed by atoms with Gasteiger partial charge in [0.2, 0.25) is 0 Å². The second kappa shape index (κ2) is 89.9. The van der Waals surface area contributed by atoms with Gasteiger partial charge in [0.05, 0.1) is 26.4 Å². The van der Waals surface area contributed by atoms with Gasteiger partial charge in [0.15, 0.2) is 6.10 Å². The largest absolute Gasteiger partial charge is 0.472 e. The van der Waals surface area contributed by atoms with Crippen molar-refractivity contribution in [1.82, 2.24) is 0 Å². The van der Waals surface area contributed by atoms with E-state index in [0.29, 0.717) is 19.3 Å². The van der Waals surface area contributed by atoms with Crippen LogP contribution >= 0.6 is 15.6 Å². The van der Waals surface area contributed by atoms with Crippen LogP contribution in [0.5, 0.6) is 0 Å². The van der Waals surface area contributed by atoms with E-state index in [9.17, 15) is 43.5 Å². The van der Waals surface area contributed by atoms with Crippen LogP contribution in [0.25, 0.3) is 0 Å². The van der Waals surface area contributed by atoms with Gasteiger partial charge in [-0.25, -0.2) is 9.13 Å². The van der Waals surface area contributed by atoms with Gasteiger partial charge >= 0.3 is 33.6 Å². The minimum Gasteiger partial charge on any atom is -0.463 e. The average Bonchev–Trinajstić information content (AvgIpc) is 0.896. The molecule has 5 atom stereocenters. The van der Waals surface area contributed by atoms with E-state index in [2.05, 4.69) is 203 Å². The van der Waals surface area contributed by atoms with Crippen LogP contribution < -0.4 is 0 Å². The molecule has 0 fully saturated rings. The normalized spacial score (nSPS) is 14.6. The van der Waals surface area contributed by atoms with Crippen molar-refractivity contribution in [2.75, 3.05) is 39.6 Å². The van der Waals surface area contributed by atoms with E-state index in [4.69, 9.17) is 32.3 Å². The van der Waals surface area contributed by atoms with Gasteiger partial charge in [-0.15, -0.1) is 0 Å². The molecule has 0 saturated heterocycles. The van der Waals surface area contributed by atoms with Gasteiger partial charge < -0.3 is 34.2 Å². The molecule has 0 radical (unpaired) electrons. The highest BCUT2D eigenvalue weighted by atomic mass is 31.2. The third-order valence-electron chi connectivity index (χ3n) is 19.1. The van der Waals surface area contributed by atoms with Crippen LogP contribution in [0.3, 0.4) is 0 Å². The Kier molecular flexibility index (Phi) is 85.8. The molecule has 0 amide bonds. The summed E-state index contributed by atoms with van der Waals surface area (Å²) in [4.78, 5) is 59.0. The SMILES string of the molecule is CC/C=C\C/C=C\C/C=C\C/C=C\C/C=C\C/C=C\CCCCCCCCCCCCCCCCC(=O)OCC(O)COP(=O)(O)OCC(O)COP(=O)(O)OCC(COC(=O)CCCCCCCCCCC/C=C\C/C=C\C/C=C\C/C=C\C/C=C\CC)OC(=O)CCCCCCCCC/C=C\C/C=C\C/C=C\C/C=C\CCCCC. The Morgan fingerprint density at radius 1 is 0.248 bits per heavy atom. The van der Waals surface area contributed by atoms with Crippen LogP contribution in [0.15, 0.2) is 182 Å². The Balaban J connectivity index is 4.61. The van der Waals surface area contributed by atoms with Gasteiger partial charge in [0, 0.05) is 19.3 Å². The first-order valence-electron chi connectivity index (χ1n) is 46.1. The smallest absolute Gasteiger partial charge is 0.463 e. The lowest BCUT2D eigenvalue weighted by Gasteiger charge is -2.21. The number of hydrogen-bond donors (Lipinski definition) is 4. The van der Waals surface area contributed by atoms with Crippen molar-refractivity contribution in [3.05, 3.63) is 182 Å². The van der Waals surface area contributed by atoms with E-state index in [1.54, 1.807) is 0 Å². The fraction of sp³-hybridized carbons (Fsp3) is 0.667. The van der Waals surface area contributed by atoms with Crippen molar-refractivity contribution < 1.29 is 75.8 Å². The van der Waals surface area contributed by atoms with E-state index in [0.717, 1.165) is 193 Å². The summed E-state index contributed by atoms with van der Waals surface area (Å²) in [5.41, 5.74) is 0. The Labute approximate surface area is 713 Å². The lowest BCUT2D eigenvalue weighted by Crippen LogP contribution is -2.30. The Bertz CT molecular complexity index is 2860. The number of aliphatic hydroxyl groups is 2. The zero-order chi connectivity index (χ0) is 85.1. The number of carbonyl (C=O) groups is 3. The zero-order valence-electron chi connectivity index (χ0n) is 73.6. The number of rotatable bonds is 86. The van der Waals surface area contributed by atoms with Crippen LogP contribution in [0, 0.1) is 0 Å². The van der Waals surface area contributed by atoms with Crippen molar-refractivity contribution in [2.24, 2.45) is 0 Å². The maximum absolute atomic E-state index is 13.1. The second-order valence-electron chi connectivity index (χ2n) is 30.3. The molecule has 0 aliphatic carbocycles. The Hall–Kier alpha value is -5.35. The summed E-state index contributed by atoms with van der Waals surface area (Å²) in [5.74, 6) is -1.59. The molecule has 0 spiro atoms. The van der Waals surface area contributed by atoms with Crippen LogP contribution in [0.2, 0.25) is 0 Å². The summed E-state index contributed by atoms with van der Waals surface area (Å²) in [6.45, 7) is 2.44. The molecule has 16 nitrogen and oxygen atoms in total. The van der Waals surface area contributed by atoms with Gasteiger partial charge in [-0.3, -0.25) is 32.5 Å². The van der Waals surface area contributed by atoms with Crippen LogP contribution in [-0.4, -0.2) is 95.9 Å². The molecule has 0 aromatic carbocycles. The number of esters is 3. The fourth-order valence-corrected chi connectivity index (χ4v) is 13.8. The Morgan fingerprint density at radius 3 is 0.718 bits per heavy atom. The molecule has 5 unspecified atom stereocenters. The zero-order valence-corrected chi connectivity index (χ0v) is 75.4. The minimum absolute atomic E-state index is 0.0858. The number of phosphoric ester groups is 2. The number of carbonyl (C=O) groups excluding carboxylic acids is 3. The van der Waals surface area contributed by atoms with Crippen molar-refractivity contribution >= 4 is 33.6 Å². The molecule has 0 aliphatic heterocycles. The van der Waals surface area contributed by atoms with Gasteiger partial charge in [-0.05, 0) is 161 Å². The molecule has 0 saturated carbocycles. The van der Waals surface area contributed by atoms with Crippen LogP contribution in [0.1, 0.15) is 367 Å². The van der Waals surface area contributed by atoms with Gasteiger partial charge in [-0.1, -0.05) is 370 Å². The molecule has 18 heteroatoms. The first-order valence-corrected chi connectivity index (χ1v) is 49.1. The van der Waals surface area contributed by atoms with Crippen molar-refractivity contribution in [2.45, 2.75) is 386 Å². The Morgan fingerprint density at radius 2 is 0.453 bits per heavy atom. The lowest BCUT2D eigenvalue weighted by molar-refractivity contribution is -0.161. The molecule has 0 heterocycles. The van der Waals surface area contributed by atoms with Gasteiger partial charge in [-0.2, -0.15) is 0 Å². The summed E-state index contributed by atoms with van der Waals surface area (Å²) in [6.07, 6.45) is 118.